The lowest BCUT2D eigenvalue weighted by Gasteiger charge is -2.14. The zero-order valence-corrected chi connectivity index (χ0v) is 12.8. The number of ether oxygens (including phenoxy) is 1. The molecule has 0 bridgehead atoms. The second-order valence-corrected chi connectivity index (χ2v) is 4.86. The SMILES string of the molecule is COC(CN=C(N)NCCc1ccccn1)c1ccccc1. The zero-order valence-electron chi connectivity index (χ0n) is 12.8. The molecule has 22 heavy (non-hydrogen) atoms. The summed E-state index contributed by atoms with van der Waals surface area (Å²) in [6.45, 7) is 1.19. The van der Waals surface area contributed by atoms with Crippen LogP contribution in [0.1, 0.15) is 17.4 Å². The third-order valence-corrected chi connectivity index (χ3v) is 3.30. The fourth-order valence-electron chi connectivity index (χ4n) is 2.09. The Hall–Kier alpha value is -2.40. The van der Waals surface area contributed by atoms with E-state index in [2.05, 4.69) is 15.3 Å². The predicted molar refractivity (Wildman–Crippen MR) is 88.6 cm³/mol. The Bertz CT molecular complexity index is 572. The molecule has 0 saturated carbocycles. The zero-order chi connectivity index (χ0) is 15.6. The minimum atomic E-state index is -0.0858. The average Bonchev–Trinajstić information content (AvgIpc) is 2.57. The van der Waals surface area contributed by atoms with Crippen LogP contribution in [0.4, 0.5) is 0 Å². The van der Waals surface area contributed by atoms with Gasteiger partial charge in [-0.2, -0.15) is 0 Å². The van der Waals surface area contributed by atoms with Gasteiger partial charge in [0.05, 0.1) is 6.54 Å². The van der Waals surface area contributed by atoms with E-state index in [-0.39, 0.29) is 6.10 Å². The van der Waals surface area contributed by atoms with Gasteiger partial charge in [0.25, 0.3) is 0 Å². The molecule has 0 aliphatic rings. The minimum Gasteiger partial charge on any atom is -0.375 e. The molecule has 1 aromatic heterocycles. The lowest BCUT2D eigenvalue weighted by atomic mass is 10.1. The number of aromatic nitrogens is 1. The Balaban J connectivity index is 1.79. The van der Waals surface area contributed by atoms with Crippen LogP contribution in [-0.2, 0) is 11.2 Å². The highest BCUT2D eigenvalue weighted by molar-refractivity contribution is 5.77. The summed E-state index contributed by atoms with van der Waals surface area (Å²) in [4.78, 5) is 8.60. The van der Waals surface area contributed by atoms with Gasteiger partial charge in [0.2, 0.25) is 0 Å². The average molecular weight is 298 g/mol. The summed E-state index contributed by atoms with van der Waals surface area (Å²) in [7, 11) is 1.68. The van der Waals surface area contributed by atoms with Gasteiger partial charge in [0, 0.05) is 32.0 Å². The number of nitrogens with zero attached hydrogens (tertiary/aromatic N) is 2. The molecule has 0 amide bonds. The van der Waals surface area contributed by atoms with Crippen molar-refractivity contribution in [2.45, 2.75) is 12.5 Å². The van der Waals surface area contributed by atoms with E-state index < -0.39 is 0 Å². The van der Waals surface area contributed by atoms with Crippen molar-refractivity contribution < 1.29 is 4.74 Å². The molecular weight excluding hydrogens is 276 g/mol. The molecule has 5 heteroatoms. The van der Waals surface area contributed by atoms with Crippen LogP contribution in [0.3, 0.4) is 0 Å². The summed E-state index contributed by atoms with van der Waals surface area (Å²) < 4.78 is 5.46. The van der Waals surface area contributed by atoms with E-state index in [1.165, 1.54) is 0 Å². The van der Waals surface area contributed by atoms with Crippen LogP contribution in [0.5, 0.6) is 0 Å². The van der Waals surface area contributed by atoms with Crippen molar-refractivity contribution in [3.05, 3.63) is 66.0 Å². The largest absolute Gasteiger partial charge is 0.375 e. The molecule has 0 saturated heterocycles. The van der Waals surface area contributed by atoms with Gasteiger partial charge < -0.3 is 15.8 Å². The molecule has 0 aliphatic heterocycles. The van der Waals surface area contributed by atoms with E-state index in [0.29, 0.717) is 19.0 Å². The first-order chi connectivity index (χ1) is 10.8. The number of nitrogens with two attached hydrogens (primary N) is 1. The van der Waals surface area contributed by atoms with Gasteiger partial charge in [0.15, 0.2) is 5.96 Å². The molecular formula is C17H22N4O. The van der Waals surface area contributed by atoms with Gasteiger partial charge in [-0.15, -0.1) is 0 Å². The van der Waals surface area contributed by atoms with Crippen LogP contribution in [0.15, 0.2) is 59.7 Å². The molecule has 2 rings (SSSR count). The molecule has 0 fully saturated rings. The van der Waals surface area contributed by atoms with Gasteiger partial charge in [0.1, 0.15) is 6.10 Å². The first kappa shape index (κ1) is 16.0. The molecule has 1 unspecified atom stereocenters. The Labute approximate surface area is 131 Å². The molecule has 0 spiro atoms. The quantitative estimate of drug-likeness (QED) is 0.605. The highest BCUT2D eigenvalue weighted by Crippen LogP contribution is 2.15. The minimum absolute atomic E-state index is 0.0858. The van der Waals surface area contributed by atoms with E-state index in [1.54, 1.807) is 13.3 Å². The van der Waals surface area contributed by atoms with E-state index in [9.17, 15) is 0 Å². The third-order valence-electron chi connectivity index (χ3n) is 3.30. The van der Waals surface area contributed by atoms with E-state index >= 15 is 0 Å². The summed E-state index contributed by atoms with van der Waals surface area (Å²) in [6, 6.07) is 15.9. The number of pyridine rings is 1. The maximum Gasteiger partial charge on any atom is 0.188 e. The van der Waals surface area contributed by atoms with Crippen molar-refractivity contribution in [2.75, 3.05) is 20.2 Å². The number of methoxy groups -OCH3 is 1. The molecule has 116 valence electrons. The first-order valence-electron chi connectivity index (χ1n) is 7.31. The van der Waals surface area contributed by atoms with Crippen LogP contribution in [0.25, 0.3) is 0 Å². The monoisotopic (exact) mass is 298 g/mol. The van der Waals surface area contributed by atoms with Crippen LogP contribution < -0.4 is 11.1 Å². The van der Waals surface area contributed by atoms with E-state index in [1.807, 2.05) is 48.5 Å². The topological polar surface area (TPSA) is 72.5 Å². The highest BCUT2D eigenvalue weighted by Gasteiger charge is 2.08. The number of benzene rings is 1. The van der Waals surface area contributed by atoms with Crippen molar-refractivity contribution in [1.29, 1.82) is 0 Å². The van der Waals surface area contributed by atoms with E-state index in [4.69, 9.17) is 10.5 Å². The molecule has 5 nitrogen and oxygen atoms in total. The predicted octanol–water partition coefficient (Wildman–Crippen LogP) is 1.92. The molecule has 1 aromatic carbocycles. The lowest BCUT2D eigenvalue weighted by Crippen LogP contribution is -2.33. The number of aliphatic imine (C=N–C) groups is 1. The summed E-state index contributed by atoms with van der Waals surface area (Å²) in [6.07, 6.45) is 2.51. The smallest absolute Gasteiger partial charge is 0.188 e. The molecule has 1 heterocycles. The molecule has 3 N–H and O–H groups in total. The van der Waals surface area contributed by atoms with Crippen LogP contribution in [0, 0.1) is 0 Å². The van der Waals surface area contributed by atoms with Crippen molar-refractivity contribution >= 4 is 5.96 Å². The number of guanidine groups is 1. The van der Waals surface area contributed by atoms with Crippen LogP contribution in [-0.4, -0.2) is 31.1 Å². The Morgan fingerprint density at radius 1 is 1.23 bits per heavy atom. The normalized spacial score (nSPS) is 12.9. The fourth-order valence-corrected chi connectivity index (χ4v) is 2.09. The maximum absolute atomic E-state index is 5.88. The summed E-state index contributed by atoms with van der Waals surface area (Å²) in [5, 5.41) is 3.09. The fraction of sp³-hybridized carbons (Fsp3) is 0.294. The number of nitrogens with one attached hydrogen (secondary N) is 1. The van der Waals surface area contributed by atoms with Gasteiger partial charge in [-0.25, -0.2) is 0 Å². The number of hydrogen-bond acceptors (Lipinski definition) is 3. The standard InChI is InChI=1S/C17H22N4O/c1-22-16(14-7-3-2-4-8-14)13-21-17(18)20-12-10-15-9-5-6-11-19-15/h2-9,11,16H,10,12-13H2,1H3,(H3,18,20,21). The summed E-state index contributed by atoms with van der Waals surface area (Å²) in [5.41, 5.74) is 8.00. The molecule has 2 aromatic rings. The van der Waals surface area contributed by atoms with Crippen molar-refractivity contribution in [3.63, 3.8) is 0 Å². The highest BCUT2D eigenvalue weighted by atomic mass is 16.5. The molecule has 0 radical (unpaired) electrons. The summed E-state index contributed by atoms with van der Waals surface area (Å²) >= 11 is 0. The van der Waals surface area contributed by atoms with Crippen molar-refractivity contribution in [2.24, 2.45) is 10.7 Å². The molecule has 1 atom stereocenters. The second kappa shape index (κ2) is 8.79. The van der Waals surface area contributed by atoms with Crippen LogP contribution in [0.2, 0.25) is 0 Å². The van der Waals surface area contributed by atoms with E-state index in [0.717, 1.165) is 17.7 Å². The Morgan fingerprint density at radius 3 is 2.68 bits per heavy atom. The van der Waals surface area contributed by atoms with Gasteiger partial charge in [-0.3, -0.25) is 9.98 Å². The second-order valence-electron chi connectivity index (χ2n) is 4.86. The maximum atomic E-state index is 5.88. The first-order valence-corrected chi connectivity index (χ1v) is 7.31. The van der Waals surface area contributed by atoms with Gasteiger partial charge in [-0.1, -0.05) is 36.4 Å². The Kier molecular flexibility index (Phi) is 6.39. The summed E-state index contributed by atoms with van der Waals surface area (Å²) in [5.74, 6) is 0.425. The van der Waals surface area contributed by atoms with Gasteiger partial charge in [-0.05, 0) is 17.7 Å². The number of rotatable bonds is 7. The van der Waals surface area contributed by atoms with Crippen molar-refractivity contribution in [1.82, 2.24) is 10.3 Å². The Morgan fingerprint density at radius 2 is 2.00 bits per heavy atom. The number of hydrogen-bond donors (Lipinski definition) is 2. The van der Waals surface area contributed by atoms with Crippen molar-refractivity contribution in [3.8, 4) is 0 Å². The van der Waals surface area contributed by atoms with Gasteiger partial charge >= 0.3 is 0 Å². The molecule has 0 aliphatic carbocycles. The van der Waals surface area contributed by atoms with Crippen LogP contribution >= 0.6 is 0 Å². The lowest BCUT2D eigenvalue weighted by molar-refractivity contribution is 0.111. The third kappa shape index (κ3) is 5.18.